The van der Waals surface area contributed by atoms with Crippen molar-refractivity contribution in [3.05, 3.63) is 83.4 Å². The Bertz CT molecular complexity index is 1740. The van der Waals surface area contributed by atoms with Crippen molar-refractivity contribution in [2.45, 2.75) is 28.2 Å². The van der Waals surface area contributed by atoms with Gasteiger partial charge in [0.2, 0.25) is 0 Å². The van der Waals surface area contributed by atoms with Gasteiger partial charge in [-0.1, -0.05) is 79.7 Å². The number of nitrogens with zero attached hydrogens (tertiary/aromatic N) is 9. The lowest BCUT2D eigenvalue weighted by Crippen LogP contribution is -2.03. The van der Waals surface area contributed by atoms with Crippen molar-refractivity contribution >= 4 is 34.5 Å². The van der Waals surface area contributed by atoms with Crippen molar-refractivity contribution in [2.75, 3.05) is 11.5 Å². The molecule has 6 aromatic rings. The molecule has 0 radical (unpaired) electrons. The zero-order valence-electron chi connectivity index (χ0n) is 20.9. The Morgan fingerprint density at radius 2 is 1.26 bits per heavy atom. The van der Waals surface area contributed by atoms with Gasteiger partial charge in [-0.2, -0.15) is 14.3 Å². The van der Waals surface area contributed by atoms with Crippen LogP contribution in [0.5, 0.6) is 0 Å². The van der Waals surface area contributed by atoms with Gasteiger partial charge in [0.25, 0.3) is 0 Å². The Kier molecular flexibility index (Phi) is 9.09. The van der Waals surface area contributed by atoms with E-state index in [1.54, 1.807) is 28.1 Å². The maximum atomic E-state index is 7.32. The first-order chi connectivity index (χ1) is 18.3. The number of hydrogen-bond acceptors (Lipinski definition) is 9. The normalized spacial score (nSPS) is 10.0. The summed E-state index contributed by atoms with van der Waals surface area (Å²) in [6.07, 6.45) is 0. The van der Waals surface area contributed by atoms with Gasteiger partial charge in [-0.25, -0.2) is 19.9 Å². The second kappa shape index (κ2) is 12.4. The first-order valence-electron chi connectivity index (χ1n) is 11.4. The Labute approximate surface area is 230 Å². The zero-order valence-corrected chi connectivity index (χ0v) is 21.7. The lowest BCUT2D eigenvalue weighted by atomic mass is 10.2. The van der Waals surface area contributed by atoms with Gasteiger partial charge >= 0.3 is 0 Å². The molecule has 0 saturated heterocycles. The number of rotatable bonds is 2. The van der Waals surface area contributed by atoms with Gasteiger partial charge in [-0.3, -0.25) is 0 Å². The highest BCUT2D eigenvalue weighted by molar-refractivity contribution is 6.35. The number of nitrogen functional groups attached to an aromatic ring is 2. The van der Waals surface area contributed by atoms with Gasteiger partial charge in [-0.05, 0) is 13.8 Å². The fraction of sp³-hybridized carbons (Fsp3) is 0.148. The van der Waals surface area contributed by atoms with Crippen LogP contribution in [0.1, 0.15) is 26.0 Å². The summed E-state index contributed by atoms with van der Waals surface area (Å²) in [5.41, 5.74) is 14.7. The second-order valence-corrected chi connectivity index (χ2v) is 8.30. The molecular formula is C27H28ClN11. The maximum Gasteiger partial charge on any atom is 0.180 e. The van der Waals surface area contributed by atoms with E-state index in [2.05, 4.69) is 30.1 Å². The first kappa shape index (κ1) is 28.5. The summed E-state index contributed by atoms with van der Waals surface area (Å²) in [6, 6.07) is 22.9. The van der Waals surface area contributed by atoms with E-state index in [1.165, 1.54) is 6.92 Å². The van der Waals surface area contributed by atoms with Crippen LogP contribution in [0.4, 0.5) is 11.6 Å². The van der Waals surface area contributed by atoms with Crippen molar-refractivity contribution in [1.29, 1.82) is 5.26 Å². The van der Waals surface area contributed by atoms with E-state index in [-0.39, 0.29) is 13.2 Å². The average molecular weight is 542 g/mol. The molecule has 0 spiro atoms. The number of fused-ring (bicyclic) bond motifs is 2. The van der Waals surface area contributed by atoms with Gasteiger partial charge in [0.05, 0.1) is 6.07 Å². The summed E-state index contributed by atoms with van der Waals surface area (Å²) >= 11 is 6.09. The second-order valence-electron chi connectivity index (χ2n) is 7.92. The van der Waals surface area contributed by atoms with Crippen LogP contribution in [0.15, 0.2) is 66.7 Å². The Morgan fingerprint density at radius 3 is 1.82 bits per heavy atom. The van der Waals surface area contributed by atoms with Crippen molar-refractivity contribution in [3.8, 4) is 28.8 Å². The van der Waals surface area contributed by atoms with Crippen LogP contribution >= 0.6 is 11.6 Å². The summed E-state index contributed by atoms with van der Waals surface area (Å²) in [5, 5.41) is 16.3. The number of benzene rings is 2. The molecule has 0 bridgehead atoms. The lowest BCUT2D eigenvalue weighted by molar-refractivity contribution is 0.912. The molecule has 11 nitrogen and oxygen atoms in total. The number of aromatic nitrogens is 8. The Balaban J connectivity index is 0.000000192. The molecule has 2 aromatic carbocycles. The van der Waals surface area contributed by atoms with Crippen LogP contribution < -0.4 is 11.5 Å². The smallest absolute Gasteiger partial charge is 0.180 e. The van der Waals surface area contributed by atoms with E-state index in [0.717, 1.165) is 11.1 Å². The highest BCUT2D eigenvalue weighted by Gasteiger charge is 2.15. The van der Waals surface area contributed by atoms with E-state index in [9.17, 15) is 0 Å². The number of nitrogens with two attached hydrogens (primary N) is 2. The number of anilines is 2. The number of nitriles is 1. The van der Waals surface area contributed by atoms with Gasteiger partial charge in [0, 0.05) is 24.1 Å². The van der Waals surface area contributed by atoms with Gasteiger partial charge in [0.15, 0.2) is 22.9 Å². The molecule has 198 valence electrons. The predicted molar refractivity (Wildman–Crippen MR) is 154 cm³/mol. The molecule has 0 aliphatic carbocycles. The summed E-state index contributed by atoms with van der Waals surface area (Å²) < 4.78 is 3.32. The van der Waals surface area contributed by atoms with Gasteiger partial charge in [0.1, 0.15) is 28.3 Å². The summed E-state index contributed by atoms with van der Waals surface area (Å²) in [7, 11) is 0. The highest BCUT2D eigenvalue weighted by Crippen LogP contribution is 2.27. The third-order valence-corrected chi connectivity index (χ3v) is 5.44. The molecule has 4 aromatic heterocycles. The summed E-state index contributed by atoms with van der Waals surface area (Å²) in [5.74, 6) is 3.38. The Morgan fingerprint density at radius 1 is 0.769 bits per heavy atom. The van der Waals surface area contributed by atoms with Crippen molar-refractivity contribution in [2.24, 2.45) is 0 Å². The molecule has 0 atom stereocenters. The van der Waals surface area contributed by atoms with E-state index in [0.29, 0.717) is 45.4 Å². The predicted octanol–water partition coefficient (Wildman–Crippen LogP) is 5.18. The van der Waals surface area contributed by atoms with E-state index in [1.807, 2.05) is 67.6 Å². The number of halogens is 1. The van der Waals surface area contributed by atoms with Crippen LogP contribution in [0.2, 0.25) is 5.02 Å². The van der Waals surface area contributed by atoms with Crippen LogP contribution in [0.3, 0.4) is 0 Å². The van der Waals surface area contributed by atoms with E-state index in [4.69, 9.17) is 28.3 Å². The molecule has 12 heteroatoms. The minimum atomic E-state index is 0. The molecule has 0 fully saturated rings. The molecule has 6 rings (SSSR count). The fourth-order valence-corrected chi connectivity index (χ4v) is 3.76. The Hall–Kier alpha value is -5.08. The van der Waals surface area contributed by atoms with Gasteiger partial charge < -0.3 is 11.5 Å². The van der Waals surface area contributed by atoms with Crippen LogP contribution in [-0.4, -0.2) is 39.2 Å². The molecule has 0 unspecified atom stereocenters. The fourth-order valence-electron chi connectivity index (χ4n) is 3.59. The molecule has 0 saturated carbocycles. The topological polar surface area (TPSA) is 162 Å². The average Bonchev–Trinajstić information content (AvgIpc) is 3.49. The van der Waals surface area contributed by atoms with Crippen LogP contribution in [-0.2, 0) is 0 Å². The monoisotopic (exact) mass is 541 g/mol. The third kappa shape index (κ3) is 6.26. The quantitative estimate of drug-likeness (QED) is 0.300. The molecule has 39 heavy (non-hydrogen) atoms. The van der Waals surface area contributed by atoms with Gasteiger partial charge in [-0.15, -0.1) is 10.2 Å². The largest absolute Gasteiger partial charge is 0.384 e. The molecule has 0 aliphatic rings. The van der Waals surface area contributed by atoms with Crippen molar-refractivity contribution < 1.29 is 0 Å². The molecule has 4 heterocycles. The lowest BCUT2D eigenvalue weighted by Gasteiger charge is -2.06. The number of hydrogen-bond donors (Lipinski definition) is 2. The van der Waals surface area contributed by atoms with Crippen molar-refractivity contribution in [3.63, 3.8) is 0 Å². The van der Waals surface area contributed by atoms with Crippen LogP contribution in [0.25, 0.3) is 34.1 Å². The first-order valence-corrected chi connectivity index (χ1v) is 11.8. The maximum absolute atomic E-state index is 7.32. The van der Waals surface area contributed by atoms with Crippen LogP contribution in [0, 0.1) is 25.2 Å². The van der Waals surface area contributed by atoms with Crippen molar-refractivity contribution in [1.82, 2.24) is 39.2 Å². The molecule has 4 N–H and O–H groups in total. The summed E-state index contributed by atoms with van der Waals surface area (Å²) in [4.78, 5) is 17.2. The third-order valence-electron chi connectivity index (χ3n) is 5.08. The minimum Gasteiger partial charge on any atom is -0.384 e. The molecular weight excluding hydrogens is 514 g/mol. The standard InChI is InChI=1S/C12H10ClN5.C12H11N5.C2H3N.CH4/c1-7-15-12-9(13)10(14)16-11(18(12)17-7)8-5-3-2-4-6-8;1-8-14-11-7-10(13)15-12(17(11)16-8)9-5-3-2-4-6-9;1-2-3;/h2-6H,14H2,1H3;2-7H,13H2,1H3;1H3;1H4. The SMILES string of the molecule is C.CC#N.Cc1nc2c(Cl)c(N)nc(-c3ccccc3)n2n1.Cc1nc2cc(N)nc(-c3ccccc3)n2n1. The number of aryl methyl sites for hydroxylation is 2. The summed E-state index contributed by atoms with van der Waals surface area (Å²) in [6.45, 7) is 5.08. The van der Waals surface area contributed by atoms with E-state index >= 15 is 0 Å². The zero-order chi connectivity index (χ0) is 27.2. The molecule has 0 amide bonds. The molecule has 0 aliphatic heterocycles. The minimum absolute atomic E-state index is 0. The van der Waals surface area contributed by atoms with E-state index < -0.39 is 0 Å². The highest BCUT2D eigenvalue weighted by atomic mass is 35.5.